The van der Waals surface area contributed by atoms with Gasteiger partial charge in [-0.2, -0.15) is 5.26 Å². The standard InChI is InChI=1S/C18H16N4O2/c1-18(9-19)12-7-14-15(8-13(12)22-17(18)23)21-16(20-14)10-3-5-11(24-2)6-4-10/h3-8,16,20-21H,1-2H3,(H,22,23). The maximum Gasteiger partial charge on any atom is 0.249 e. The van der Waals surface area contributed by atoms with Gasteiger partial charge in [-0.15, -0.1) is 0 Å². The Kier molecular flexibility index (Phi) is 2.94. The van der Waals surface area contributed by atoms with Crippen LogP contribution in [0.5, 0.6) is 5.75 Å². The summed E-state index contributed by atoms with van der Waals surface area (Å²) in [5.41, 5.74) is 3.10. The fourth-order valence-corrected chi connectivity index (χ4v) is 3.15. The number of methoxy groups -OCH3 is 1. The van der Waals surface area contributed by atoms with Gasteiger partial charge in [-0.25, -0.2) is 0 Å². The molecule has 2 aromatic carbocycles. The van der Waals surface area contributed by atoms with Crippen molar-refractivity contribution in [1.29, 1.82) is 5.26 Å². The lowest BCUT2D eigenvalue weighted by Crippen LogP contribution is -2.28. The number of rotatable bonds is 2. The monoisotopic (exact) mass is 320 g/mol. The highest BCUT2D eigenvalue weighted by Crippen LogP contribution is 2.45. The molecule has 0 fully saturated rings. The van der Waals surface area contributed by atoms with E-state index in [-0.39, 0.29) is 12.1 Å². The number of benzene rings is 2. The van der Waals surface area contributed by atoms with E-state index in [0.717, 1.165) is 22.7 Å². The predicted octanol–water partition coefficient (Wildman–Crippen LogP) is 2.96. The molecule has 0 spiro atoms. The predicted molar refractivity (Wildman–Crippen MR) is 91.0 cm³/mol. The average Bonchev–Trinajstić information content (AvgIpc) is 3.12. The first-order valence-electron chi connectivity index (χ1n) is 7.63. The minimum Gasteiger partial charge on any atom is -0.497 e. The molecule has 24 heavy (non-hydrogen) atoms. The van der Waals surface area contributed by atoms with Gasteiger partial charge in [-0.05, 0) is 36.8 Å². The molecule has 0 saturated carbocycles. The minimum absolute atomic E-state index is 0.0718. The molecule has 3 N–H and O–H groups in total. The molecule has 0 saturated heterocycles. The summed E-state index contributed by atoms with van der Waals surface area (Å²) in [6.45, 7) is 1.64. The number of nitriles is 1. The molecule has 6 nitrogen and oxygen atoms in total. The SMILES string of the molecule is COc1ccc(C2Nc3cc4c(cc3N2)C(C)(C#N)C(=O)N4)cc1. The van der Waals surface area contributed by atoms with Crippen molar-refractivity contribution in [3.8, 4) is 11.8 Å². The summed E-state index contributed by atoms with van der Waals surface area (Å²) >= 11 is 0. The molecular weight excluding hydrogens is 304 g/mol. The molecule has 2 atom stereocenters. The van der Waals surface area contributed by atoms with Crippen LogP contribution >= 0.6 is 0 Å². The Morgan fingerprint density at radius 1 is 1.12 bits per heavy atom. The Labute approximate surface area is 139 Å². The van der Waals surface area contributed by atoms with Crippen molar-refractivity contribution in [2.75, 3.05) is 23.1 Å². The van der Waals surface area contributed by atoms with Gasteiger partial charge in [0.1, 0.15) is 11.9 Å². The van der Waals surface area contributed by atoms with Gasteiger partial charge in [0.25, 0.3) is 0 Å². The van der Waals surface area contributed by atoms with E-state index in [0.29, 0.717) is 11.3 Å². The van der Waals surface area contributed by atoms with Crippen molar-refractivity contribution in [2.45, 2.75) is 18.5 Å². The van der Waals surface area contributed by atoms with Crippen LogP contribution in [0.25, 0.3) is 0 Å². The zero-order valence-electron chi connectivity index (χ0n) is 13.3. The molecule has 0 bridgehead atoms. The number of hydrogen-bond acceptors (Lipinski definition) is 5. The third kappa shape index (κ3) is 1.91. The summed E-state index contributed by atoms with van der Waals surface area (Å²) in [6, 6.07) is 13.7. The Bertz CT molecular complexity index is 885. The highest BCUT2D eigenvalue weighted by atomic mass is 16.5. The summed E-state index contributed by atoms with van der Waals surface area (Å²) in [5, 5.41) is 19.0. The first-order chi connectivity index (χ1) is 11.5. The lowest BCUT2D eigenvalue weighted by atomic mass is 9.85. The number of nitrogens with one attached hydrogen (secondary N) is 3. The van der Waals surface area contributed by atoms with Gasteiger partial charge in [0.2, 0.25) is 5.91 Å². The molecule has 2 aromatic rings. The van der Waals surface area contributed by atoms with Crippen molar-refractivity contribution in [3.05, 3.63) is 47.5 Å². The molecule has 2 aliphatic rings. The molecule has 6 heteroatoms. The van der Waals surface area contributed by atoms with Crippen LogP contribution in [0.4, 0.5) is 17.1 Å². The molecule has 120 valence electrons. The summed E-state index contributed by atoms with van der Waals surface area (Å²) < 4.78 is 5.18. The van der Waals surface area contributed by atoms with Crippen LogP contribution in [0.3, 0.4) is 0 Å². The normalized spacial score (nSPS) is 23.4. The molecule has 1 amide bonds. The maximum atomic E-state index is 12.1. The van der Waals surface area contributed by atoms with Crippen molar-refractivity contribution in [3.63, 3.8) is 0 Å². The van der Waals surface area contributed by atoms with Crippen LogP contribution in [0, 0.1) is 11.3 Å². The van der Waals surface area contributed by atoms with E-state index in [1.54, 1.807) is 14.0 Å². The van der Waals surface area contributed by atoms with E-state index in [2.05, 4.69) is 22.0 Å². The molecule has 2 unspecified atom stereocenters. The topological polar surface area (TPSA) is 86.2 Å². The highest BCUT2D eigenvalue weighted by Gasteiger charge is 2.44. The quantitative estimate of drug-likeness (QED) is 0.792. The number of fused-ring (bicyclic) bond motifs is 2. The molecule has 4 rings (SSSR count). The van der Waals surface area contributed by atoms with Crippen LogP contribution in [0.15, 0.2) is 36.4 Å². The lowest BCUT2D eigenvalue weighted by Gasteiger charge is -2.13. The summed E-state index contributed by atoms with van der Waals surface area (Å²) in [5.74, 6) is 0.524. The third-order valence-electron chi connectivity index (χ3n) is 4.67. The second-order valence-corrected chi connectivity index (χ2v) is 6.13. The number of carbonyl (C=O) groups excluding carboxylic acids is 1. The molecule has 2 aliphatic heterocycles. The van der Waals surface area contributed by atoms with Crippen LogP contribution < -0.4 is 20.7 Å². The van der Waals surface area contributed by atoms with E-state index in [9.17, 15) is 10.1 Å². The zero-order chi connectivity index (χ0) is 16.9. The molecule has 2 heterocycles. The van der Waals surface area contributed by atoms with Crippen molar-refractivity contribution < 1.29 is 9.53 Å². The highest BCUT2D eigenvalue weighted by molar-refractivity contribution is 6.09. The minimum atomic E-state index is -1.15. The second-order valence-electron chi connectivity index (χ2n) is 6.13. The molecule has 0 radical (unpaired) electrons. The number of nitrogens with zero attached hydrogens (tertiary/aromatic N) is 1. The number of ether oxygens (including phenoxy) is 1. The first kappa shape index (κ1) is 14.4. The van der Waals surface area contributed by atoms with E-state index < -0.39 is 5.41 Å². The summed E-state index contributed by atoms with van der Waals surface area (Å²) in [7, 11) is 1.64. The number of amides is 1. The molecule has 0 aliphatic carbocycles. The van der Waals surface area contributed by atoms with Gasteiger partial charge in [0, 0.05) is 11.3 Å². The third-order valence-corrected chi connectivity index (χ3v) is 4.67. The molecule has 0 aromatic heterocycles. The van der Waals surface area contributed by atoms with E-state index in [1.807, 2.05) is 36.4 Å². The maximum absolute atomic E-state index is 12.1. The number of anilines is 3. The van der Waals surface area contributed by atoms with Crippen molar-refractivity contribution in [2.24, 2.45) is 0 Å². The van der Waals surface area contributed by atoms with Gasteiger partial charge in [-0.3, -0.25) is 4.79 Å². The Morgan fingerprint density at radius 2 is 1.79 bits per heavy atom. The Morgan fingerprint density at radius 3 is 2.42 bits per heavy atom. The molecular formula is C18H16N4O2. The average molecular weight is 320 g/mol. The van der Waals surface area contributed by atoms with Gasteiger partial charge in [0.15, 0.2) is 5.41 Å². The van der Waals surface area contributed by atoms with Crippen LogP contribution in [0.1, 0.15) is 24.2 Å². The van der Waals surface area contributed by atoms with Crippen LogP contribution in [-0.2, 0) is 10.2 Å². The van der Waals surface area contributed by atoms with E-state index in [1.165, 1.54) is 0 Å². The number of carbonyl (C=O) groups is 1. The Hall–Kier alpha value is -3.20. The van der Waals surface area contributed by atoms with Crippen LogP contribution in [-0.4, -0.2) is 13.0 Å². The second kappa shape index (κ2) is 4.90. The van der Waals surface area contributed by atoms with Gasteiger partial charge >= 0.3 is 0 Å². The van der Waals surface area contributed by atoms with Gasteiger partial charge in [-0.1, -0.05) is 12.1 Å². The summed E-state index contributed by atoms with van der Waals surface area (Å²) in [6.07, 6.45) is -0.0718. The zero-order valence-corrected chi connectivity index (χ0v) is 13.3. The van der Waals surface area contributed by atoms with E-state index in [4.69, 9.17) is 4.74 Å². The summed E-state index contributed by atoms with van der Waals surface area (Å²) in [4.78, 5) is 12.1. The lowest BCUT2D eigenvalue weighted by molar-refractivity contribution is -0.118. The van der Waals surface area contributed by atoms with Crippen molar-refractivity contribution in [1.82, 2.24) is 0 Å². The van der Waals surface area contributed by atoms with Gasteiger partial charge < -0.3 is 20.7 Å². The largest absolute Gasteiger partial charge is 0.497 e. The smallest absolute Gasteiger partial charge is 0.249 e. The van der Waals surface area contributed by atoms with Crippen molar-refractivity contribution >= 4 is 23.0 Å². The Balaban J connectivity index is 1.67. The van der Waals surface area contributed by atoms with Crippen LogP contribution in [0.2, 0.25) is 0 Å². The fraction of sp³-hybridized carbons (Fsp3) is 0.222. The van der Waals surface area contributed by atoms with E-state index >= 15 is 0 Å². The fourth-order valence-electron chi connectivity index (χ4n) is 3.15. The van der Waals surface area contributed by atoms with Gasteiger partial charge in [0.05, 0.1) is 24.6 Å². The number of hydrogen-bond donors (Lipinski definition) is 3. The first-order valence-corrected chi connectivity index (χ1v) is 7.63.